The quantitative estimate of drug-likeness (QED) is 0.541. The molecule has 1 aliphatic carbocycles. The Morgan fingerprint density at radius 2 is 1.86 bits per heavy atom. The molecule has 21 heavy (non-hydrogen) atoms. The smallest absolute Gasteiger partial charge is 0.200 e. The lowest BCUT2D eigenvalue weighted by atomic mass is 10.0. The Morgan fingerprint density at radius 1 is 1.14 bits per heavy atom. The van der Waals surface area contributed by atoms with Crippen LogP contribution in [0.5, 0.6) is 0 Å². The summed E-state index contributed by atoms with van der Waals surface area (Å²) in [6, 6.07) is 1.80. The molecular formula is C15H24N2O4. The number of hydrogen-bond donors (Lipinski definition) is 0. The first-order valence-corrected chi connectivity index (χ1v) is 7.27. The van der Waals surface area contributed by atoms with Gasteiger partial charge in [-0.05, 0) is 31.7 Å². The van der Waals surface area contributed by atoms with Crippen molar-refractivity contribution in [3.8, 4) is 0 Å². The van der Waals surface area contributed by atoms with Gasteiger partial charge in [0.25, 0.3) is 0 Å². The van der Waals surface area contributed by atoms with E-state index in [-0.39, 0.29) is 0 Å². The number of aromatic nitrogens is 2. The van der Waals surface area contributed by atoms with Crippen LogP contribution in [0.25, 0.3) is 0 Å². The highest BCUT2D eigenvalue weighted by molar-refractivity contribution is 5.11. The topological polar surface area (TPSA) is 62.7 Å². The van der Waals surface area contributed by atoms with Crippen molar-refractivity contribution in [1.82, 2.24) is 9.97 Å². The van der Waals surface area contributed by atoms with Gasteiger partial charge in [-0.3, -0.25) is 0 Å². The Bertz CT molecular complexity index is 431. The molecule has 0 unspecified atom stereocenters. The monoisotopic (exact) mass is 296 g/mol. The second kappa shape index (κ2) is 7.79. The maximum atomic E-state index is 6.09. The second-order valence-corrected chi connectivity index (χ2v) is 5.15. The third-order valence-electron chi connectivity index (χ3n) is 3.83. The fourth-order valence-electron chi connectivity index (χ4n) is 2.76. The van der Waals surface area contributed by atoms with Crippen LogP contribution < -0.4 is 0 Å². The van der Waals surface area contributed by atoms with E-state index in [1.807, 2.05) is 0 Å². The largest absolute Gasteiger partial charge is 0.382 e. The van der Waals surface area contributed by atoms with E-state index in [0.29, 0.717) is 24.7 Å². The number of nitrogens with zero attached hydrogens (tertiary/aromatic N) is 2. The van der Waals surface area contributed by atoms with Crippen molar-refractivity contribution in [2.45, 2.75) is 37.6 Å². The molecular weight excluding hydrogens is 272 g/mol. The standard InChI is InChI=1S/C15H24N2O4/c1-18-10-11-21-15(7-4-5-8-15)14-16-9-6-12(17-14)13(19-2)20-3/h6,9,13H,4-5,7-8,10-11H2,1-3H3. The molecule has 1 fully saturated rings. The van der Waals surface area contributed by atoms with Gasteiger partial charge in [-0.25, -0.2) is 9.97 Å². The van der Waals surface area contributed by atoms with Crippen LogP contribution in [-0.2, 0) is 24.5 Å². The molecule has 0 amide bonds. The molecule has 1 aromatic heterocycles. The Morgan fingerprint density at radius 3 is 2.48 bits per heavy atom. The highest BCUT2D eigenvalue weighted by atomic mass is 16.7. The van der Waals surface area contributed by atoms with E-state index in [9.17, 15) is 0 Å². The minimum Gasteiger partial charge on any atom is -0.382 e. The summed E-state index contributed by atoms with van der Waals surface area (Å²) in [5.41, 5.74) is 0.312. The highest BCUT2D eigenvalue weighted by Gasteiger charge is 2.39. The predicted molar refractivity (Wildman–Crippen MR) is 76.8 cm³/mol. The van der Waals surface area contributed by atoms with Crippen LogP contribution in [0.1, 0.15) is 43.5 Å². The average Bonchev–Trinajstić information content (AvgIpc) is 2.99. The van der Waals surface area contributed by atoms with Gasteiger partial charge < -0.3 is 18.9 Å². The highest BCUT2D eigenvalue weighted by Crippen LogP contribution is 2.40. The summed E-state index contributed by atoms with van der Waals surface area (Å²) in [5.74, 6) is 0.715. The Kier molecular flexibility index (Phi) is 6.05. The third kappa shape index (κ3) is 3.77. The molecule has 0 spiro atoms. The molecule has 0 atom stereocenters. The van der Waals surface area contributed by atoms with Crippen molar-refractivity contribution >= 4 is 0 Å². The molecule has 0 bridgehead atoms. The average molecular weight is 296 g/mol. The third-order valence-corrected chi connectivity index (χ3v) is 3.83. The summed E-state index contributed by atoms with van der Waals surface area (Å²) in [7, 11) is 4.86. The Hall–Kier alpha value is -1.08. The lowest BCUT2D eigenvalue weighted by Crippen LogP contribution is -2.31. The van der Waals surface area contributed by atoms with Gasteiger partial charge in [0.15, 0.2) is 5.82 Å². The van der Waals surface area contributed by atoms with Crippen LogP contribution in [0, 0.1) is 0 Å². The second-order valence-electron chi connectivity index (χ2n) is 5.15. The zero-order valence-corrected chi connectivity index (χ0v) is 13.0. The minimum atomic E-state index is -0.482. The van der Waals surface area contributed by atoms with Crippen molar-refractivity contribution in [3.05, 3.63) is 23.8 Å². The van der Waals surface area contributed by atoms with E-state index in [2.05, 4.69) is 9.97 Å². The number of ether oxygens (including phenoxy) is 4. The van der Waals surface area contributed by atoms with Gasteiger partial charge in [0.05, 0.1) is 13.2 Å². The van der Waals surface area contributed by atoms with Gasteiger partial charge in [-0.1, -0.05) is 0 Å². The van der Waals surface area contributed by atoms with Crippen LogP contribution in [0.15, 0.2) is 12.3 Å². The molecule has 0 aromatic carbocycles. The summed E-state index contributed by atoms with van der Waals surface area (Å²) in [5, 5.41) is 0. The summed E-state index contributed by atoms with van der Waals surface area (Å²) < 4.78 is 21.7. The van der Waals surface area contributed by atoms with Crippen molar-refractivity contribution in [1.29, 1.82) is 0 Å². The van der Waals surface area contributed by atoms with E-state index in [1.54, 1.807) is 33.6 Å². The molecule has 118 valence electrons. The fraction of sp³-hybridized carbons (Fsp3) is 0.733. The summed E-state index contributed by atoms with van der Waals surface area (Å²) in [6.45, 7) is 1.11. The van der Waals surface area contributed by atoms with E-state index >= 15 is 0 Å². The maximum Gasteiger partial charge on any atom is 0.200 e. The molecule has 0 saturated heterocycles. The number of rotatable bonds is 8. The number of methoxy groups -OCH3 is 3. The fourth-order valence-corrected chi connectivity index (χ4v) is 2.76. The summed E-state index contributed by atoms with van der Waals surface area (Å²) in [6.07, 6.45) is 5.37. The van der Waals surface area contributed by atoms with Gasteiger partial charge in [-0.15, -0.1) is 0 Å². The van der Waals surface area contributed by atoms with Crippen molar-refractivity contribution in [2.24, 2.45) is 0 Å². The molecule has 6 nitrogen and oxygen atoms in total. The zero-order chi connectivity index (χ0) is 15.1. The zero-order valence-electron chi connectivity index (χ0n) is 13.0. The van der Waals surface area contributed by atoms with Crippen molar-refractivity contribution in [2.75, 3.05) is 34.5 Å². The maximum absolute atomic E-state index is 6.09. The van der Waals surface area contributed by atoms with Gasteiger partial charge >= 0.3 is 0 Å². The van der Waals surface area contributed by atoms with Crippen LogP contribution >= 0.6 is 0 Å². The van der Waals surface area contributed by atoms with Gasteiger partial charge in [-0.2, -0.15) is 0 Å². The SMILES string of the molecule is COCCOC1(c2nccc(C(OC)OC)n2)CCCC1. The van der Waals surface area contributed by atoms with Gasteiger partial charge in [0, 0.05) is 27.5 Å². The van der Waals surface area contributed by atoms with Crippen LogP contribution in [0.4, 0.5) is 0 Å². The normalized spacial score (nSPS) is 17.5. The lowest BCUT2D eigenvalue weighted by molar-refractivity contribution is -0.110. The van der Waals surface area contributed by atoms with E-state index in [4.69, 9.17) is 18.9 Å². The molecule has 2 rings (SSSR count). The first kappa shape index (κ1) is 16.3. The Balaban J connectivity index is 2.22. The molecule has 0 aliphatic heterocycles. The van der Waals surface area contributed by atoms with Gasteiger partial charge in [0.2, 0.25) is 6.29 Å². The van der Waals surface area contributed by atoms with Crippen LogP contribution in [-0.4, -0.2) is 44.5 Å². The van der Waals surface area contributed by atoms with E-state index in [0.717, 1.165) is 25.7 Å². The van der Waals surface area contributed by atoms with Gasteiger partial charge in [0.1, 0.15) is 11.3 Å². The van der Waals surface area contributed by atoms with Crippen molar-refractivity contribution < 1.29 is 18.9 Å². The number of hydrogen-bond acceptors (Lipinski definition) is 6. The first-order chi connectivity index (χ1) is 10.3. The van der Waals surface area contributed by atoms with Crippen molar-refractivity contribution in [3.63, 3.8) is 0 Å². The first-order valence-electron chi connectivity index (χ1n) is 7.27. The summed E-state index contributed by atoms with van der Waals surface area (Å²) >= 11 is 0. The molecule has 1 saturated carbocycles. The minimum absolute atomic E-state index is 0.402. The Labute approximate surface area is 125 Å². The van der Waals surface area contributed by atoms with Crippen LogP contribution in [0.3, 0.4) is 0 Å². The van der Waals surface area contributed by atoms with E-state index in [1.165, 1.54) is 0 Å². The molecule has 6 heteroatoms. The molecule has 0 N–H and O–H groups in total. The van der Waals surface area contributed by atoms with E-state index < -0.39 is 11.9 Å². The summed E-state index contributed by atoms with van der Waals surface area (Å²) in [4.78, 5) is 9.06. The molecule has 0 radical (unpaired) electrons. The lowest BCUT2D eigenvalue weighted by Gasteiger charge is -2.28. The predicted octanol–water partition coefficient (Wildman–Crippen LogP) is 2.20. The van der Waals surface area contributed by atoms with Crippen LogP contribution in [0.2, 0.25) is 0 Å². The molecule has 1 aromatic rings. The molecule has 1 aliphatic rings. The molecule has 1 heterocycles.